The van der Waals surface area contributed by atoms with E-state index in [0.29, 0.717) is 21.3 Å². The van der Waals surface area contributed by atoms with E-state index in [1.54, 1.807) is 19.9 Å². The molecule has 0 radical (unpaired) electrons. The van der Waals surface area contributed by atoms with Crippen LogP contribution in [0.1, 0.15) is 16.7 Å². The number of aliphatic imine (C=N–C) groups is 1. The Balaban J connectivity index is 1.68. The van der Waals surface area contributed by atoms with Crippen LogP contribution in [0.15, 0.2) is 52.5 Å². The summed E-state index contributed by atoms with van der Waals surface area (Å²) in [6.45, 7) is 3.51. The van der Waals surface area contributed by atoms with E-state index >= 15 is 0 Å². The predicted octanol–water partition coefficient (Wildman–Crippen LogP) is 4.59. The predicted molar refractivity (Wildman–Crippen MR) is 116 cm³/mol. The molecule has 1 aliphatic heterocycles. The number of nitro groups is 1. The lowest BCUT2D eigenvalue weighted by molar-refractivity contribution is -0.385. The summed E-state index contributed by atoms with van der Waals surface area (Å²) in [5, 5.41) is 15.5. The molecule has 0 aliphatic carbocycles. The van der Waals surface area contributed by atoms with Crippen molar-refractivity contribution in [2.24, 2.45) is 12.0 Å². The molecule has 2 aromatic carbocycles. The number of hydrogen-bond donors (Lipinski definition) is 1. The number of para-hydroxylation sites is 1. The molecule has 0 saturated carbocycles. The number of amidine groups is 1. The average molecular weight is 406 g/mol. The minimum atomic E-state index is -0.418. The van der Waals surface area contributed by atoms with E-state index in [1.165, 1.54) is 17.8 Å². The van der Waals surface area contributed by atoms with Gasteiger partial charge in [0.1, 0.15) is 0 Å². The first-order valence-electron chi connectivity index (χ1n) is 8.93. The fourth-order valence-electron chi connectivity index (χ4n) is 3.30. The molecule has 3 aromatic rings. The number of aromatic nitrogens is 1. The quantitative estimate of drug-likeness (QED) is 0.391. The molecule has 0 spiro atoms. The van der Waals surface area contributed by atoms with Gasteiger partial charge in [-0.2, -0.15) is 0 Å². The SMILES string of the molecule is Cc1cc(N=C2NC(=O)/C(=C/c3cn(C)c4ccccc34)S2)cc([N+](=O)[O-])c1C. The molecule has 0 atom stereocenters. The lowest BCUT2D eigenvalue weighted by Gasteiger charge is -2.04. The largest absolute Gasteiger partial charge is 0.350 e. The summed E-state index contributed by atoms with van der Waals surface area (Å²) in [6, 6.07) is 11.2. The number of nitrogens with one attached hydrogen (secondary N) is 1. The zero-order valence-electron chi connectivity index (χ0n) is 16.1. The first kappa shape index (κ1) is 18.9. The maximum Gasteiger partial charge on any atom is 0.274 e. The highest BCUT2D eigenvalue weighted by Crippen LogP contribution is 2.33. The van der Waals surface area contributed by atoms with Crippen molar-refractivity contribution in [2.45, 2.75) is 13.8 Å². The van der Waals surface area contributed by atoms with E-state index in [1.807, 2.05) is 48.2 Å². The number of aryl methyl sites for hydroxylation is 2. The Morgan fingerprint density at radius 3 is 2.76 bits per heavy atom. The van der Waals surface area contributed by atoms with Crippen molar-refractivity contribution in [2.75, 3.05) is 0 Å². The number of amides is 1. The van der Waals surface area contributed by atoms with Crippen molar-refractivity contribution in [3.05, 3.63) is 74.3 Å². The number of carbonyl (C=O) groups is 1. The third-order valence-corrected chi connectivity index (χ3v) is 5.83. The Hall–Kier alpha value is -3.39. The zero-order valence-corrected chi connectivity index (χ0v) is 16.9. The van der Waals surface area contributed by atoms with Crippen LogP contribution in [0.3, 0.4) is 0 Å². The van der Waals surface area contributed by atoms with Crippen molar-refractivity contribution in [1.82, 2.24) is 9.88 Å². The van der Waals surface area contributed by atoms with Crippen molar-refractivity contribution in [3.8, 4) is 0 Å². The molecule has 1 saturated heterocycles. The van der Waals surface area contributed by atoms with Crippen LogP contribution in [-0.4, -0.2) is 20.6 Å². The van der Waals surface area contributed by atoms with Crippen LogP contribution < -0.4 is 5.32 Å². The van der Waals surface area contributed by atoms with E-state index in [-0.39, 0.29) is 11.6 Å². The minimum Gasteiger partial charge on any atom is -0.350 e. The van der Waals surface area contributed by atoms with Gasteiger partial charge < -0.3 is 9.88 Å². The third kappa shape index (κ3) is 3.54. The first-order chi connectivity index (χ1) is 13.8. The van der Waals surface area contributed by atoms with Crippen LogP contribution in [0.2, 0.25) is 0 Å². The van der Waals surface area contributed by atoms with Crippen molar-refractivity contribution in [3.63, 3.8) is 0 Å². The van der Waals surface area contributed by atoms with Crippen LogP contribution in [0.25, 0.3) is 17.0 Å². The molecular weight excluding hydrogens is 388 g/mol. The zero-order chi connectivity index (χ0) is 20.7. The lowest BCUT2D eigenvalue weighted by atomic mass is 10.1. The molecule has 1 aromatic heterocycles. The topological polar surface area (TPSA) is 89.5 Å². The molecule has 4 rings (SSSR count). The first-order valence-corrected chi connectivity index (χ1v) is 9.74. The minimum absolute atomic E-state index is 0.0187. The lowest BCUT2D eigenvalue weighted by Crippen LogP contribution is -2.19. The Bertz CT molecular complexity index is 1240. The van der Waals surface area contributed by atoms with Gasteiger partial charge in [-0.25, -0.2) is 4.99 Å². The summed E-state index contributed by atoms with van der Waals surface area (Å²) in [4.78, 5) is 28.2. The summed E-state index contributed by atoms with van der Waals surface area (Å²) in [5.41, 5.74) is 3.88. The Labute approximate surface area is 171 Å². The van der Waals surface area contributed by atoms with Crippen LogP contribution in [-0.2, 0) is 11.8 Å². The van der Waals surface area contributed by atoms with Gasteiger partial charge in [0.25, 0.3) is 11.6 Å². The molecule has 1 fully saturated rings. The Morgan fingerprint density at radius 1 is 1.24 bits per heavy atom. The van der Waals surface area contributed by atoms with Crippen LogP contribution in [0.5, 0.6) is 0 Å². The maximum absolute atomic E-state index is 12.4. The standard InChI is InChI=1S/C21H18N4O3S/c1-12-8-15(10-18(13(12)2)25(27)28)22-21-23-20(26)19(29-21)9-14-11-24(3)17-7-5-4-6-16(14)17/h4-11H,1-3H3,(H,22,23,26)/b19-9-. The maximum atomic E-state index is 12.4. The normalized spacial score (nSPS) is 16.7. The van der Waals surface area contributed by atoms with E-state index in [0.717, 1.165) is 22.0 Å². The average Bonchev–Trinajstić information content (AvgIpc) is 3.18. The highest BCUT2D eigenvalue weighted by molar-refractivity contribution is 8.18. The van der Waals surface area contributed by atoms with Gasteiger partial charge in [-0.1, -0.05) is 18.2 Å². The van der Waals surface area contributed by atoms with Gasteiger partial charge in [0.2, 0.25) is 0 Å². The van der Waals surface area contributed by atoms with E-state index in [2.05, 4.69) is 10.3 Å². The molecule has 146 valence electrons. The number of nitro benzene ring substituents is 1. The van der Waals surface area contributed by atoms with Crippen LogP contribution in [0, 0.1) is 24.0 Å². The van der Waals surface area contributed by atoms with E-state index in [4.69, 9.17) is 0 Å². The van der Waals surface area contributed by atoms with Gasteiger partial charge in [0.05, 0.1) is 15.5 Å². The molecule has 29 heavy (non-hydrogen) atoms. The van der Waals surface area contributed by atoms with Gasteiger partial charge in [-0.15, -0.1) is 0 Å². The van der Waals surface area contributed by atoms with Crippen molar-refractivity contribution in [1.29, 1.82) is 0 Å². The number of hydrogen-bond acceptors (Lipinski definition) is 5. The monoisotopic (exact) mass is 406 g/mol. The molecule has 1 amide bonds. The summed E-state index contributed by atoms with van der Waals surface area (Å²) < 4.78 is 2.02. The summed E-state index contributed by atoms with van der Waals surface area (Å²) in [6.07, 6.45) is 3.82. The van der Waals surface area contributed by atoms with Gasteiger partial charge in [0.15, 0.2) is 5.17 Å². The van der Waals surface area contributed by atoms with Crippen molar-refractivity contribution < 1.29 is 9.72 Å². The fourth-order valence-corrected chi connectivity index (χ4v) is 4.14. The highest BCUT2D eigenvalue weighted by atomic mass is 32.2. The van der Waals surface area contributed by atoms with Gasteiger partial charge in [-0.3, -0.25) is 14.9 Å². The van der Waals surface area contributed by atoms with Gasteiger partial charge in [0, 0.05) is 41.3 Å². The van der Waals surface area contributed by atoms with Gasteiger partial charge in [-0.05, 0) is 49.4 Å². The summed E-state index contributed by atoms with van der Waals surface area (Å²) >= 11 is 1.22. The van der Waals surface area contributed by atoms with Crippen LogP contribution >= 0.6 is 11.8 Å². The molecule has 7 nitrogen and oxygen atoms in total. The highest BCUT2D eigenvalue weighted by Gasteiger charge is 2.25. The number of rotatable bonds is 3. The summed E-state index contributed by atoms with van der Waals surface area (Å²) in [7, 11) is 1.96. The number of nitrogens with zero attached hydrogens (tertiary/aromatic N) is 3. The van der Waals surface area contributed by atoms with E-state index in [9.17, 15) is 14.9 Å². The Morgan fingerprint density at radius 2 is 2.00 bits per heavy atom. The molecule has 2 heterocycles. The molecular formula is C21H18N4O3S. The number of fused-ring (bicyclic) bond motifs is 1. The number of benzene rings is 2. The third-order valence-electron chi connectivity index (χ3n) is 4.92. The molecule has 1 aliphatic rings. The van der Waals surface area contributed by atoms with E-state index < -0.39 is 4.92 Å². The molecule has 0 unspecified atom stereocenters. The second kappa shape index (κ2) is 7.21. The second-order valence-corrected chi connectivity index (χ2v) is 7.89. The molecule has 8 heteroatoms. The summed E-state index contributed by atoms with van der Waals surface area (Å²) in [5.74, 6) is -0.236. The smallest absolute Gasteiger partial charge is 0.274 e. The second-order valence-electron chi connectivity index (χ2n) is 6.86. The van der Waals surface area contributed by atoms with Crippen molar-refractivity contribution >= 4 is 51.2 Å². The van der Waals surface area contributed by atoms with Gasteiger partial charge >= 0.3 is 0 Å². The number of thioether (sulfide) groups is 1. The Kier molecular flexibility index (Phi) is 4.71. The van der Waals surface area contributed by atoms with Crippen LogP contribution in [0.4, 0.5) is 11.4 Å². The molecule has 0 bridgehead atoms. The fraction of sp³-hybridized carbons (Fsp3) is 0.143. The number of carbonyl (C=O) groups excluding carboxylic acids is 1. The molecule has 1 N–H and O–H groups in total.